The van der Waals surface area contributed by atoms with Gasteiger partial charge in [-0.05, 0) is 32.4 Å². The normalized spacial score (nSPS) is 18.8. The second-order valence-corrected chi connectivity index (χ2v) is 9.15. The highest BCUT2D eigenvalue weighted by Crippen LogP contribution is 2.17. The van der Waals surface area contributed by atoms with Gasteiger partial charge >= 0.3 is 0 Å². The number of nitrogens with zero attached hydrogens (tertiary/aromatic N) is 1. The molecule has 1 aromatic carbocycles. The lowest BCUT2D eigenvalue weighted by atomic mass is 10.2. The van der Waals surface area contributed by atoms with Gasteiger partial charge in [0.2, 0.25) is 5.91 Å². The van der Waals surface area contributed by atoms with E-state index in [2.05, 4.69) is 20.9 Å². The molecule has 0 aliphatic carbocycles. The summed E-state index contributed by atoms with van der Waals surface area (Å²) in [6.07, 6.45) is 0.322. The Morgan fingerprint density at radius 3 is 2.70 bits per heavy atom. The van der Waals surface area contributed by atoms with Crippen LogP contribution in [0.5, 0.6) is 5.75 Å². The van der Waals surface area contributed by atoms with Crippen LogP contribution in [-0.2, 0) is 14.6 Å². The van der Waals surface area contributed by atoms with Crippen LogP contribution in [0.15, 0.2) is 29.3 Å². The number of ether oxygens (including phenoxy) is 1. The minimum Gasteiger partial charge on any atom is -0.486 e. The van der Waals surface area contributed by atoms with Gasteiger partial charge in [0.25, 0.3) is 0 Å². The molecule has 1 aliphatic rings. The molecule has 1 amide bonds. The van der Waals surface area contributed by atoms with Gasteiger partial charge in [0.15, 0.2) is 27.4 Å². The molecule has 2 rings (SSSR count). The summed E-state index contributed by atoms with van der Waals surface area (Å²) in [5, 5.41) is 8.87. The Morgan fingerprint density at radius 1 is 1.33 bits per heavy atom. The maximum atomic E-state index is 13.6. The summed E-state index contributed by atoms with van der Waals surface area (Å²) < 4.78 is 42.1. The number of aliphatic imine (C=N–C) groups is 1. The molecule has 0 saturated carbocycles. The lowest BCUT2D eigenvalue weighted by molar-refractivity contribution is -0.121. The van der Waals surface area contributed by atoms with Gasteiger partial charge in [-0.2, -0.15) is 0 Å². The zero-order valence-corrected chi connectivity index (χ0v) is 20.3. The molecule has 170 valence electrons. The lowest BCUT2D eigenvalue weighted by Crippen LogP contribution is -2.41. The molecule has 1 fully saturated rings. The molecule has 1 heterocycles. The number of carbonyl (C=O) groups excluding carboxylic acids is 1. The molecule has 8 nitrogen and oxygen atoms in total. The largest absolute Gasteiger partial charge is 0.486 e. The summed E-state index contributed by atoms with van der Waals surface area (Å²) in [6.45, 7) is 5.00. The quantitative estimate of drug-likeness (QED) is 0.242. The maximum Gasteiger partial charge on any atom is 0.222 e. The molecule has 1 aromatic rings. The molecule has 30 heavy (non-hydrogen) atoms. The Labute approximate surface area is 194 Å². The van der Waals surface area contributed by atoms with E-state index < -0.39 is 15.7 Å². The second kappa shape index (κ2) is 12.9. The van der Waals surface area contributed by atoms with E-state index in [4.69, 9.17) is 4.74 Å². The molecule has 0 spiro atoms. The van der Waals surface area contributed by atoms with E-state index in [0.717, 1.165) is 0 Å². The van der Waals surface area contributed by atoms with Crippen molar-refractivity contribution < 1.29 is 22.3 Å². The molecule has 0 radical (unpaired) electrons. The van der Waals surface area contributed by atoms with Gasteiger partial charge < -0.3 is 20.7 Å². The molecule has 11 heteroatoms. The predicted molar refractivity (Wildman–Crippen MR) is 126 cm³/mol. The number of benzene rings is 1. The van der Waals surface area contributed by atoms with Crippen LogP contribution in [0, 0.1) is 5.82 Å². The Kier molecular flexibility index (Phi) is 11.4. The fourth-order valence-electron chi connectivity index (χ4n) is 2.86. The van der Waals surface area contributed by atoms with Crippen LogP contribution < -0.4 is 20.7 Å². The van der Waals surface area contributed by atoms with Gasteiger partial charge in [-0.3, -0.25) is 4.79 Å². The van der Waals surface area contributed by atoms with Crippen molar-refractivity contribution in [3.63, 3.8) is 0 Å². The van der Waals surface area contributed by atoms with Crippen LogP contribution in [0.25, 0.3) is 0 Å². The van der Waals surface area contributed by atoms with Crippen LogP contribution in [-0.4, -0.2) is 63.6 Å². The van der Waals surface area contributed by atoms with Crippen molar-refractivity contribution in [2.24, 2.45) is 4.99 Å². The number of carbonyl (C=O) groups is 1. The number of rotatable bonds is 9. The molecule has 2 unspecified atom stereocenters. The SMILES string of the molecule is CCNC(=NCC(C)Oc1ccccc1F)NCCC(=O)NC1CCS(=O)(=O)C1.I. The second-order valence-electron chi connectivity index (χ2n) is 6.92. The monoisotopic (exact) mass is 556 g/mol. The Balaban J connectivity index is 0.00000450. The van der Waals surface area contributed by atoms with Crippen LogP contribution in [0.1, 0.15) is 26.7 Å². The molecular formula is C19H30FIN4O4S. The van der Waals surface area contributed by atoms with Crippen molar-refractivity contribution in [2.45, 2.75) is 38.8 Å². The van der Waals surface area contributed by atoms with E-state index in [-0.39, 0.29) is 65.7 Å². The summed E-state index contributed by atoms with van der Waals surface area (Å²) in [6, 6.07) is 5.90. The van der Waals surface area contributed by atoms with E-state index >= 15 is 0 Å². The standard InChI is InChI=1S/C19H29FN4O4S.HI/c1-3-21-19(23-12-14(2)28-17-7-5-4-6-16(17)20)22-10-8-18(25)24-15-9-11-29(26,27)13-15;/h4-7,14-15H,3,8-13H2,1-2H3,(H,24,25)(H2,21,22,23);1H. The first-order chi connectivity index (χ1) is 13.8. The van der Waals surface area contributed by atoms with Gasteiger partial charge in [0, 0.05) is 25.6 Å². The number of nitrogens with one attached hydrogen (secondary N) is 3. The number of guanidine groups is 1. The molecular weight excluding hydrogens is 526 g/mol. The highest BCUT2D eigenvalue weighted by Gasteiger charge is 2.28. The maximum absolute atomic E-state index is 13.6. The number of amides is 1. The zero-order valence-electron chi connectivity index (χ0n) is 17.2. The fraction of sp³-hybridized carbons (Fsp3) is 0.579. The van der Waals surface area contributed by atoms with Gasteiger partial charge in [0.05, 0.1) is 18.1 Å². The number of sulfone groups is 1. The van der Waals surface area contributed by atoms with Gasteiger partial charge in [-0.1, -0.05) is 12.1 Å². The van der Waals surface area contributed by atoms with Crippen molar-refractivity contribution in [1.29, 1.82) is 0 Å². The Morgan fingerprint density at radius 2 is 2.07 bits per heavy atom. The van der Waals surface area contributed by atoms with E-state index in [0.29, 0.717) is 32.0 Å². The average molecular weight is 556 g/mol. The smallest absolute Gasteiger partial charge is 0.222 e. The lowest BCUT2D eigenvalue weighted by Gasteiger charge is -2.16. The van der Waals surface area contributed by atoms with Crippen molar-refractivity contribution in [3.05, 3.63) is 30.1 Å². The third-order valence-electron chi connectivity index (χ3n) is 4.26. The summed E-state index contributed by atoms with van der Waals surface area (Å²) in [5.41, 5.74) is 0. The van der Waals surface area contributed by atoms with Crippen molar-refractivity contribution >= 4 is 45.7 Å². The summed E-state index contributed by atoms with van der Waals surface area (Å²) in [7, 11) is -3.02. The zero-order chi connectivity index (χ0) is 21.3. The van der Waals surface area contributed by atoms with Crippen LogP contribution in [0.3, 0.4) is 0 Å². The minimum absolute atomic E-state index is 0. The van der Waals surface area contributed by atoms with Gasteiger partial charge in [-0.25, -0.2) is 17.8 Å². The average Bonchev–Trinajstić information content (AvgIpc) is 3.00. The van der Waals surface area contributed by atoms with E-state index in [9.17, 15) is 17.6 Å². The van der Waals surface area contributed by atoms with Crippen LogP contribution >= 0.6 is 24.0 Å². The van der Waals surface area contributed by atoms with Gasteiger partial charge in [0.1, 0.15) is 6.10 Å². The highest BCUT2D eigenvalue weighted by atomic mass is 127. The summed E-state index contributed by atoms with van der Waals surface area (Å²) in [5.74, 6) is 0.212. The molecule has 1 aliphatic heterocycles. The number of para-hydroxylation sites is 1. The molecule has 3 N–H and O–H groups in total. The Bertz CT molecular complexity index is 823. The highest BCUT2D eigenvalue weighted by molar-refractivity contribution is 14.0. The fourth-order valence-corrected chi connectivity index (χ4v) is 4.53. The minimum atomic E-state index is -3.02. The third kappa shape index (κ3) is 9.45. The third-order valence-corrected chi connectivity index (χ3v) is 6.03. The first-order valence-electron chi connectivity index (χ1n) is 9.72. The number of halogens is 2. The number of hydrogen-bond acceptors (Lipinski definition) is 5. The van der Waals surface area contributed by atoms with E-state index in [1.165, 1.54) is 6.07 Å². The molecule has 0 bridgehead atoms. The Hall–Kier alpha value is -1.63. The first-order valence-corrected chi connectivity index (χ1v) is 11.5. The first kappa shape index (κ1) is 26.4. The van der Waals surface area contributed by atoms with Crippen molar-refractivity contribution in [2.75, 3.05) is 31.1 Å². The van der Waals surface area contributed by atoms with Crippen molar-refractivity contribution in [1.82, 2.24) is 16.0 Å². The van der Waals surface area contributed by atoms with Crippen LogP contribution in [0.2, 0.25) is 0 Å². The molecule has 1 saturated heterocycles. The van der Waals surface area contributed by atoms with Crippen molar-refractivity contribution in [3.8, 4) is 5.75 Å². The molecule has 0 aromatic heterocycles. The summed E-state index contributed by atoms with van der Waals surface area (Å²) in [4.78, 5) is 16.4. The predicted octanol–water partition coefficient (Wildman–Crippen LogP) is 1.46. The van der Waals surface area contributed by atoms with Crippen LogP contribution in [0.4, 0.5) is 4.39 Å². The molecule has 2 atom stereocenters. The number of hydrogen-bond donors (Lipinski definition) is 3. The van der Waals surface area contributed by atoms with Gasteiger partial charge in [-0.15, -0.1) is 24.0 Å². The van der Waals surface area contributed by atoms with E-state index in [1.807, 2.05) is 6.92 Å². The summed E-state index contributed by atoms with van der Waals surface area (Å²) >= 11 is 0. The topological polar surface area (TPSA) is 109 Å². The van der Waals surface area contributed by atoms with E-state index in [1.54, 1.807) is 25.1 Å².